The van der Waals surface area contributed by atoms with Gasteiger partial charge in [0.1, 0.15) is 12.4 Å². The molecular weight excluding hydrogens is 265 g/mol. The number of ether oxygens (including phenoxy) is 1. The van der Waals surface area contributed by atoms with Crippen molar-refractivity contribution < 1.29 is 14.0 Å². The summed E-state index contributed by atoms with van der Waals surface area (Å²) in [5.74, 6) is 0.948. The zero-order chi connectivity index (χ0) is 15.3. The Morgan fingerprint density at radius 1 is 1.14 bits per heavy atom. The van der Waals surface area contributed by atoms with Gasteiger partial charge < -0.3 is 18.9 Å². The Labute approximate surface area is 127 Å². The minimum Gasteiger partial charge on any atom is -0.490 e. The molecule has 2 heterocycles. The molecule has 2 aliphatic heterocycles. The minimum absolute atomic E-state index is 0.311. The summed E-state index contributed by atoms with van der Waals surface area (Å²) in [7, 11) is -0.319. The van der Waals surface area contributed by atoms with Crippen LogP contribution in [0.15, 0.2) is 18.2 Å². The second-order valence-electron chi connectivity index (χ2n) is 6.74. The second kappa shape index (κ2) is 4.92. The molecule has 0 saturated carbocycles. The van der Waals surface area contributed by atoms with Gasteiger partial charge in [-0.25, -0.2) is 0 Å². The lowest BCUT2D eigenvalue weighted by Crippen LogP contribution is -2.41. The van der Waals surface area contributed by atoms with E-state index in [0.29, 0.717) is 0 Å². The van der Waals surface area contributed by atoms with Crippen molar-refractivity contribution >= 4 is 18.3 Å². The van der Waals surface area contributed by atoms with E-state index >= 15 is 0 Å². The molecule has 0 atom stereocenters. The molecule has 0 unspecified atom stereocenters. The second-order valence-corrected chi connectivity index (χ2v) is 6.74. The lowest BCUT2D eigenvalue weighted by atomic mass is 9.78. The van der Waals surface area contributed by atoms with Gasteiger partial charge in [-0.05, 0) is 52.2 Å². The van der Waals surface area contributed by atoms with Crippen LogP contribution in [0.5, 0.6) is 5.75 Å². The van der Waals surface area contributed by atoms with Gasteiger partial charge in [-0.3, -0.25) is 0 Å². The number of benzene rings is 1. The lowest BCUT2D eigenvalue weighted by Gasteiger charge is -2.32. The first kappa shape index (κ1) is 14.7. The van der Waals surface area contributed by atoms with Crippen molar-refractivity contribution in [3.8, 4) is 5.75 Å². The minimum atomic E-state index is -0.319. The maximum absolute atomic E-state index is 6.13. The van der Waals surface area contributed by atoms with Gasteiger partial charge in [0.05, 0.1) is 23.4 Å². The van der Waals surface area contributed by atoms with E-state index in [1.54, 1.807) is 0 Å². The third kappa shape index (κ3) is 2.42. The lowest BCUT2D eigenvalue weighted by molar-refractivity contribution is 0.00578. The highest BCUT2D eigenvalue weighted by molar-refractivity contribution is 6.62. The van der Waals surface area contributed by atoms with Crippen LogP contribution in [-0.2, 0) is 9.31 Å². The number of hydrogen-bond acceptors (Lipinski definition) is 4. The molecule has 1 aromatic rings. The molecule has 5 heteroatoms. The van der Waals surface area contributed by atoms with Crippen LogP contribution in [0, 0.1) is 0 Å². The Balaban J connectivity index is 1.91. The molecule has 3 rings (SSSR count). The Kier molecular flexibility index (Phi) is 3.45. The third-order valence-electron chi connectivity index (χ3n) is 4.85. The smallest absolute Gasteiger partial charge is 0.490 e. The van der Waals surface area contributed by atoms with E-state index in [1.165, 1.54) is 0 Å². The zero-order valence-corrected chi connectivity index (χ0v) is 13.6. The molecule has 0 aliphatic carbocycles. The molecule has 21 heavy (non-hydrogen) atoms. The fourth-order valence-corrected chi connectivity index (χ4v) is 2.74. The van der Waals surface area contributed by atoms with Crippen LogP contribution in [0.3, 0.4) is 0 Å². The monoisotopic (exact) mass is 289 g/mol. The van der Waals surface area contributed by atoms with Gasteiger partial charge in [0, 0.05) is 6.54 Å². The summed E-state index contributed by atoms with van der Waals surface area (Å²) in [4.78, 5) is 2.33. The predicted molar refractivity (Wildman–Crippen MR) is 85.5 cm³/mol. The van der Waals surface area contributed by atoms with E-state index in [4.69, 9.17) is 14.0 Å². The summed E-state index contributed by atoms with van der Waals surface area (Å²) in [6.07, 6.45) is 0. The number of nitrogens with zero attached hydrogens (tertiary/aromatic N) is 1. The molecule has 0 aromatic heterocycles. The SMILES string of the molecule is CCN1CCOc2ccc(B3OC(C)(C)C(C)(C)O3)cc21. The summed E-state index contributed by atoms with van der Waals surface area (Å²) in [5.41, 5.74) is 1.57. The average Bonchev–Trinajstić information content (AvgIpc) is 2.66. The summed E-state index contributed by atoms with van der Waals surface area (Å²) in [5, 5.41) is 0. The van der Waals surface area contributed by atoms with Crippen LogP contribution in [0.25, 0.3) is 0 Å². The van der Waals surface area contributed by atoms with Crippen LogP contribution in [0.4, 0.5) is 5.69 Å². The van der Waals surface area contributed by atoms with Gasteiger partial charge in [-0.15, -0.1) is 0 Å². The van der Waals surface area contributed by atoms with Crippen molar-refractivity contribution in [2.24, 2.45) is 0 Å². The molecule has 114 valence electrons. The number of likely N-dealkylation sites (N-methyl/N-ethyl adjacent to an activating group) is 1. The van der Waals surface area contributed by atoms with Crippen molar-refractivity contribution in [2.45, 2.75) is 45.8 Å². The average molecular weight is 289 g/mol. The molecule has 1 saturated heterocycles. The Morgan fingerprint density at radius 2 is 1.81 bits per heavy atom. The van der Waals surface area contributed by atoms with Gasteiger partial charge in [-0.1, -0.05) is 6.07 Å². The van der Waals surface area contributed by atoms with Crippen LogP contribution in [0.1, 0.15) is 34.6 Å². The third-order valence-corrected chi connectivity index (χ3v) is 4.85. The normalized spacial score (nSPS) is 22.9. The van der Waals surface area contributed by atoms with E-state index < -0.39 is 0 Å². The van der Waals surface area contributed by atoms with Gasteiger partial charge >= 0.3 is 7.12 Å². The maximum Gasteiger partial charge on any atom is 0.494 e. The molecular formula is C16H24BNO3. The van der Waals surface area contributed by atoms with Crippen molar-refractivity contribution in [1.29, 1.82) is 0 Å². The standard InChI is InChI=1S/C16H24BNO3/c1-6-18-9-10-19-14-8-7-12(11-13(14)18)17-20-15(2,3)16(4,5)21-17/h7-8,11H,6,9-10H2,1-5H3. The van der Waals surface area contributed by atoms with Crippen molar-refractivity contribution in [2.75, 3.05) is 24.6 Å². The van der Waals surface area contributed by atoms with Gasteiger partial charge in [0.15, 0.2) is 0 Å². The summed E-state index contributed by atoms with van der Waals surface area (Å²) in [6.45, 7) is 13.1. The fraction of sp³-hybridized carbons (Fsp3) is 0.625. The molecule has 0 bridgehead atoms. The zero-order valence-electron chi connectivity index (χ0n) is 13.6. The summed E-state index contributed by atoms with van der Waals surface area (Å²) >= 11 is 0. The van der Waals surface area contributed by atoms with Gasteiger partial charge in [0.25, 0.3) is 0 Å². The van der Waals surface area contributed by atoms with Crippen molar-refractivity contribution in [1.82, 2.24) is 0 Å². The van der Waals surface area contributed by atoms with E-state index in [1.807, 2.05) is 12.1 Å². The maximum atomic E-state index is 6.13. The topological polar surface area (TPSA) is 30.9 Å². The van der Waals surface area contributed by atoms with E-state index in [2.05, 4.69) is 45.6 Å². The first-order valence-electron chi connectivity index (χ1n) is 7.71. The van der Waals surface area contributed by atoms with Crippen LogP contribution in [0.2, 0.25) is 0 Å². The fourth-order valence-electron chi connectivity index (χ4n) is 2.74. The van der Waals surface area contributed by atoms with Crippen molar-refractivity contribution in [3.63, 3.8) is 0 Å². The highest BCUT2D eigenvalue weighted by Crippen LogP contribution is 2.37. The molecule has 2 aliphatic rings. The van der Waals surface area contributed by atoms with Crippen LogP contribution < -0.4 is 15.1 Å². The van der Waals surface area contributed by atoms with Crippen LogP contribution >= 0.6 is 0 Å². The highest BCUT2D eigenvalue weighted by Gasteiger charge is 2.51. The number of rotatable bonds is 2. The largest absolute Gasteiger partial charge is 0.494 e. The number of fused-ring (bicyclic) bond motifs is 1. The number of anilines is 1. The molecule has 4 nitrogen and oxygen atoms in total. The summed E-state index contributed by atoms with van der Waals surface area (Å²) < 4.78 is 18.0. The van der Waals surface area contributed by atoms with Gasteiger partial charge in [-0.2, -0.15) is 0 Å². The van der Waals surface area contributed by atoms with Crippen LogP contribution in [-0.4, -0.2) is 38.0 Å². The Bertz CT molecular complexity index is 528. The highest BCUT2D eigenvalue weighted by atomic mass is 16.7. The van der Waals surface area contributed by atoms with Crippen molar-refractivity contribution in [3.05, 3.63) is 18.2 Å². The van der Waals surface area contributed by atoms with E-state index in [-0.39, 0.29) is 18.3 Å². The summed E-state index contributed by atoms with van der Waals surface area (Å²) in [6, 6.07) is 6.21. The Hall–Kier alpha value is -1.20. The first-order valence-corrected chi connectivity index (χ1v) is 7.71. The van der Waals surface area contributed by atoms with Gasteiger partial charge in [0.2, 0.25) is 0 Å². The quantitative estimate of drug-likeness (QED) is 0.781. The molecule has 0 radical (unpaired) electrons. The molecule has 1 fully saturated rings. The van der Waals surface area contributed by atoms with E-state index in [0.717, 1.165) is 36.6 Å². The van der Waals surface area contributed by atoms with E-state index in [9.17, 15) is 0 Å². The predicted octanol–water partition coefficient (Wildman–Crippen LogP) is 2.20. The Morgan fingerprint density at radius 3 is 2.43 bits per heavy atom. The molecule has 0 N–H and O–H groups in total. The molecule has 0 amide bonds. The molecule has 1 aromatic carbocycles. The molecule has 0 spiro atoms. The number of hydrogen-bond donors (Lipinski definition) is 0. The first-order chi connectivity index (χ1) is 9.84.